The summed E-state index contributed by atoms with van der Waals surface area (Å²) in [6.07, 6.45) is 12.8. The number of ether oxygens (including phenoxy) is 1. The van der Waals surface area contributed by atoms with Crippen molar-refractivity contribution in [1.82, 2.24) is 16.0 Å². The number of carbonyl (C=O) groups is 2. The molecule has 10 heteroatoms. The maximum absolute atomic E-state index is 11.8. The van der Waals surface area contributed by atoms with Gasteiger partial charge in [-0.3, -0.25) is 4.79 Å². The summed E-state index contributed by atoms with van der Waals surface area (Å²) >= 11 is 4.63. The molecule has 0 aromatic heterocycles. The minimum atomic E-state index is -0.935. The average molecular weight is 721 g/mol. The highest BCUT2D eigenvalue weighted by Crippen LogP contribution is 2.50. The third-order valence-corrected chi connectivity index (χ3v) is 11.8. The number of hydrogen-bond donors (Lipinski definition) is 7. The number of benzene rings is 1. The van der Waals surface area contributed by atoms with Crippen LogP contribution in [0.2, 0.25) is 0 Å². The van der Waals surface area contributed by atoms with Gasteiger partial charge in [-0.1, -0.05) is 92.4 Å². The number of aliphatic hydroxyl groups excluding tert-OH is 1. The minimum Gasteiger partial charge on any atom is -0.516 e. The highest BCUT2D eigenvalue weighted by Gasteiger charge is 2.49. The van der Waals surface area contributed by atoms with Crippen molar-refractivity contribution in [1.29, 1.82) is 0 Å². The fourth-order valence-electron chi connectivity index (χ4n) is 6.72. The van der Waals surface area contributed by atoms with Gasteiger partial charge in [0.05, 0.1) is 11.8 Å². The van der Waals surface area contributed by atoms with Gasteiger partial charge in [0, 0.05) is 29.9 Å². The van der Waals surface area contributed by atoms with Gasteiger partial charge in [-0.25, -0.2) is 4.79 Å². The van der Waals surface area contributed by atoms with Crippen molar-refractivity contribution in [3.05, 3.63) is 42.2 Å². The number of carboxylic acid groups (broad SMARTS) is 1. The third-order valence-electron chi connectivity index (χ3n) is 11.2. The summed E-state index contributed by atoms with van der Waals surface area (Å²) in [5.41, 5.74) is 8.96. The molecule has 0 heterocycles. The topological polar surface area (TPSA) is 146 Å². The Morgan fingerprint density at radius 1 is 1.14 bits per heavy atom. The second kappa shape index (κ2) is 21.3. The van der Waals surface area contributed by atoms with E-state index >= 15 is 0 Å². The molecular formula is C40H72N4O5S. The number of aliphatic carboxylic acids is 1. The van der Waals surface area contributed by atoms with Crippen molar-refractivity contribution in [3.8, 4) is 5.75 Å². The first-order valence-electron chi connectivity index (χ1n) is 18.7. The maximum Gasteiger partial charge on any atom is 0.341 e. The van der Waals surface area contributed by atoms with Crippen LogP contribution in [0.5, 0.6) is 5.75 Å². The smallest absolute Gasteiger partial charge is 0.341 e. The third kappa shape index (κ3) is 14.4. The lowest BCUT2D eigenvalue weighted by molar-refractivity contribution is -0.139. The van der Waals surface area contributed by atoms with E-state index in [1.165, 1.54) is 62.5 Å². The molecular weight excluding hydrogens is 649 g/mol. The monoisotopic (exact) mass is 721 g/mol. The lowest BCUT2D eigenvalue weighted by Gasteiger charge is -2.42. The normalized spacial score (nSPS) is 20.5. The maximum atomic E-state index is 11.8. The van der Waals surface area contributed by atoms with E-state index in [1.54, 1.807) is 7.05 Å². The highest BCUT2D eigenvalue weighted by atomic mass is 32.1. The number of hydrogen-bond acceptors (Lipinski definition) is 8. The summed E-state index contributed by atoms with van der Waals surface area (Å²) in [5.74, 6) is 1.69. The lowest BCUT2D eigenvalue weighted by Crippen LogP contribution is -2.53. The van der Waals surface area contributed by atoms with Crippen molar-refractivity contribution in [2.24, 2.45) is 28.9 Å². The van der Waals surface area contributed by atoms with Crippen LogP contribution in [0.3, 0.4) is 0 Å². The van der Waals surface area contributed by atoms with E-state index in [-0.39, 0.29) is 28.2 Å². The van der Waals surface area contributed by atoms with Gasteiger partial charge in [0.1, 0.15) is 5.75 Å². The van der Waals surface area contributed by atoms with Gasteiger partial charge in [0.25, 0.3) is 0 Å². The number of likely N-dealkylation sites (N-methyl/N-ethyl adjacent to an activating group) is 1. The van der Waals surface area contributed by atoms with Crippen LogP contribution in [0.1, 0.15) is 118 Å². The molecule has 288 valence electrons. The Bertz CT molecular complexity index is 1180. The Labute approximate surface area is 309 Å². The highest BCUT2D eigenvalue weighted by molar-refractivity contribution is 7.81. The van der Waals surface area contributed by atoms with Crippen LogP contribution in [0, 0.1) is 23.2 Å². The molecule has 0 aliphatic heterocycles. The fraction of sp³-hybridized carbons (Fsp3) is 0.750. The number of carboxylic acids is 1. The lowest BCUT2D eigenvalue weighted by atomic mass is 9.68. The molecule has 3 rings (SSSR count). The SMILES string of the molecule is C=CO.CCCCCC(C)CCC1CCC2Cc3c(cccc3OCC(=O)O)CC12N.CNC(C)(C)C(=O)NCCNCC(C)(C)C(C)(C)S. The standard InChI is InChI=1S/C24H37NO3.C14H31N3OS.C2H4O/c1-3-4-5-7-17(2)10-11-19-12-13-20-14-21-18(15-24(19,20)25)8-6-9-22(21)28-16-23(26)27;1-12(2,14(5,6)19)10-16-8-9-17-11(18)13(3,4)15-7;1-2-3/h6,8-9,17,19-20H,3-5,7,10-16,25H2,1-2H3,(H,26,27);15-16,19H,8-10H2,1-7H3,(H,17,18);2-3H,1H2. The molecule has 0 bridgehead atoms. The molecule has 0 spiro atoms. The van der Waals surface area contributed by atoms with Gasteiger partial charge in [-0.2, -0.15) is 12.6 Å². The zero-order chi connectivity index (χ0) is 38.2. The van der Waals surface area contributed by atoms with Crippen molar-refractivity contribution < 1.29 is 24.5 Å². The minimum absolute atomic E-state index is 0.0191. The van der Waals surface area contributed by atoms with Crippen molar-refractivity contribution in [3.63, 3.8) is 0 Å². The van der Waals surface area contributed by atoms with Crippen LogP contribution in [0.4, 0.5) is 0 Å². The average Bonchev–Trinajstić information content (AvgIpc) is 3.36. The van der Waals surface area contributed by atoms with Crippen LogP contribution in [-0.4, -0.2) is 71.2 Å². The van der Waals surface area contributed by atoms with E-state index in [0.717, 1.165) is 43.9 Å². The van der Waals surface area contributed by atoms with Crippen LogP contribution < -0.4 is 26.4 Å². The van der Waals surface area contributed by atoms with E-state index < -0.39 is 11.5 Å². The van der Waals surface area contributed by atoms with Crippen molar-refractivity contribution >= 4 is 24.5 Å². The largest absolute Gasteiger partial charge is 0.516 e. The van der Waals surface area contributed by atoms with Gasteiger partial charge in [0.15, 0.2) is 6.61 Å². The summed E-state index contributed by atoms with van der Waals surface area (Å²) in [5, 5.41) is 25.5. The van der Waals surface area contributed by atoms with E-state index in [0.29, 0.717) is 18.4 Å². The number of thiol groups is 1. The summed E-state index contributed by atoms with van der Waals surface area (Å²) < 4.78 is 5.52. The molecule has 1 aromatic rings. The molecule has 1 aromatic carbocycles. The van der Waals surface area contributed by atoms with Crippen molar-refractivity contribution in [2.75, 3.05) is 33.3 Å². The van der Waals surface area contributed by atoms with E-state index in [2.05, 4.69) is 82.8 Å². The number of carbonyl (C=O) groups excluding carboxylic acids is 1. The number of fused-ring (bicyclic) bond motifs is 2. The number of unbranched alkanes of at least 4 members (excludes halogenated alkanes) is 2. The summed E-state index contributed by atoms with van der Waals surface area (Å²) in [7, 11) is 1.79. The van der Waals surface area contributed by atoms with E-state index in [1.807, 2.05) is 26.0 Å². The number of nitrogens with two attached hydrogens (primary N) is 1. The summed E-state index contributed by atoms with van der Waals surface area (Å²) in [6.45, 7) is 21.9. The Kier molecular flexibility index (Phi) is 19.5. The number of aliphatic hydroxyl groups is 1. The molecule has 4 atom stereocenters. The first-order chi connectivity index (χ1) is 23.3. The van der Waals surface area contributed by atoms with E-state index in [9.17, 15) is 9.59 Å². The van der Waals surface area contributed by atoms with Crippen LogP contribution in [-0.2, 0) is 22.4 Å². The first-order valence-corrected chi connectivity index (χ1v) is 19.1. The Hall–Kier alpha value is -2.27. The molecule has 2 aliphatic rings. The summed E-state index contributed by atoms with van der Waals surface area (Å²) in [4.78, 5) is 22.7. The van der Waals surface area contributed by atoms with Gasteiger partial charge < -0.3 is 36.6 Å². The Morgan fingerprint density at radius 3 is 2.38 bits per heavy atom. The van der Waals surface area contributed by atoms with Gasteiger partial charge in [-0.05, 0) is 93.4 Å². The molecule has 0 radical (unpaired) electrons. The number of amides is 1. The molecule has 1 saturated carbocycles. The van der Waals surface area contributed by atoms with Gasteiger partial charge >= 0.3 is 5.97 Å². The first kappa shape index (κ1) is 45.8. The van der Waals surface area contributed by atoms with E-state index in [4.69, 9.17) is 20.7 Å². The fourth-order valence-corrected chi connectivity index (χ4v) is 6.79. The zero-order valence-electron chi connectivity index (χ0n) is 32.8. The van der Waals surface area contributed by atoms with Crippen LogP contribution in [0.15, 0.2) is 31.0 Å². The second-order valence-corrected chi connectivity index (χ2v) is 17.3. The number of rotatable bonds is 18. The molecule has 4 unspecified atom stereocenters. The van der Waals surface area contributed by atoms with Gasteiger partial charge in [0.2, 0.25) is 5.91 Å². The molecule has 1 fully saturated rings. The van der Waals surface area contributed by atoms with Crippen molar-refractivity contribution in [2.45, 2.75) is 135 Å². The van der Waals surface area contributed by atoms with Crippen LogP contribution in [0.25, 0.3) is 0 Å². The van der Waals surface area contributed by atoms with Gasteiger partial charge in [-0.15, -0.1) is 0 Å². The number of nitrogens with one attached hydrogen (secondary N) is 3. The molecule has 9 nitrogen and oxygen atoms in total. The quantitative estimate of drug-likeness (QED) is 0.0484. The molecule has 7 N–H and O–H groups in total. The Morgan fingerprint density at radius 2 is 1.80 bits per heavy atom. The molecule has 50 heavy (non-hydrogen) atoms. The molecule has 2 aliphatic carbocycles. The summed E-state index contributed by atoms with van der Waals surface area (Å²) in [6, 6.07) is 6.02. The zero-order valence-corrected chi connectivity index (χ0v) is 33.7. The predicted molar refractivity (Wildman–Crippen MR) is 211 cm³/mol. The van der Waals surface area contributed by atoms with Crippen LogP contribution >= 0.6 is 12.6 Å². The Balaban J connectivity index is 0.000000497. The molecule has 1 amide bonds. The molecule has 0 saturated heterocycles. The predicted octanol–water partition coefficient (Wildman–Crippen LogP) is 7.08. The second-order valence-electron chi connectivity index (χ2n) is 16.2.